The van der Waals surface area contributed by atoms with Crippen molar-refractivity contribution < 1.29 is 19.1 Å². The van der Waals surface area contributed by atoms with E-state index in [9.17, 15) is 14.4 Å². The van der Waals surface area contributed by atoms with Gasteiger partial charge in [0.15, 0.2) is 0 Å². The van der Waals surface area contributed by atoms with Crippen LogP contribution in [-0.4, -0.2) is 30.9 Å². The van der Waals surface area contributed by atoms with Crippen LogP contribution < -0.4 is 10.2 Å². The standard InChI is InChI=1S/C23H24Cl2N2O4/c1-2-3-4-11-31-23(30)15-5-8-18(9-6-15)26-22(29)16-12-21(28)27(14-16)20-13-17(24)7-10-19(20)25/h5-10,13,16H,2-4,11-12,14H2,1H3,(H,26,29)/t16-/m0/s1. The van der Waals surface area contributed by atoms with Crippen LogP contribution in [0.4, 0.5) is 11.4 Å². The molecule has 2 aromatic carbocycles. The van der Waals surface area contributed by atoms with Gasteiger partial charge in [-0.25, -0.2) is 4.79 Å². The average Bonchev–Trinajstić information content (AvgIpc) is 3.15. The molecule has 164 valence electrons. The predicted octanol–water partition coefficient (Wildman–Crippen LogP) is 5.33. The molecule has 0 unspecified atom stereocenters. The number of carbonyl (C=O) groups is 3. The van der Waals surface area contributed by atoms with E-state index in [4.69, 9.17) is 27.9 Å². The summed E-state index contributed by atoms with van der Waals surface area (Å²) < 4.78 is 5.23. The molecule has 8 heteroatoms. The van der Waals surface area contributed by atoms with E-state index in [1.54, 1.807) is 42.5 Å². The van der Waals surface area contributed by atoms with Gasteiger partial charge in [-0.2, -0.15) is 0 Å². The van der Waals surface area contributed by atoms with Crippen LogP contribution in [-0.2, 0) is 14.3 Å². The van der Waals surface area contributed by atoms with Crippen LogP contribution in [0.15, 0.2) is 42.5 Å². The molecule has 1 fully saturated rings. The molecule has 2 aromatic rings. The molecule has 1 aliphatic heterocycles. The van der Waals surface area contributed by atoms with Gasteiger partial charge in [-0.05, 0) is 48.9 Å². The zero-order valence-corrected chi connectivity index (χ0v) is 18.7. The monoisotopic (exact) mass is 462 g/mol. The molecule has 1 saturated heterocycles. The lowest BCUT2D eigenvalue weighted by Crippen LogP contribution is -2.28. The van der Waals surface area contributed by atoms with Crippen molar-refractivity contribution in [3.63, 3.8) is 0 Å². The van der Waals surface area contributed by atoms with Crippen molar-refractivity contribution in [3.05, 3.63) is 58.1 Å². The summed E-state index contributed by atoms with van der Waals surface area (Å²) in [6, 6.07) is 11.4. The number of nitrogens with one attached hydrogen (secondary N) is 1. The van der Waals surface area contributed by atoms with Crippen LogP contribution in [0.1, 0.15) is 43.0 Å². The van der Waals surface area contributed by atoms with Crippen LogP contribution in [0, 0.1) is 5.92 Å². The van der Waals surface area contributed by atoms with Gasteiger partial charge < -0.3 is 15.0 Å². The van der Waals surface area contributed by atoms with Crippen molar-refractivity contribution in [3.8, 4) is 0 Å². The summed E-state index contributed by atoms with van der Waals surface area (Å²) in [5.74, 6) is -1.37. The van der Waals surface area contributed by atoms with E-state index in [1.807, 2.05) is 0 Å². The number of nitrogens with zero attached hydrogens (tertiary/aromatic N) is 1. The first-order chi connectivity index (χ1) is 14.9. The second-order valence-corrected chi connectivity index (χ2v) is 8.25. The molecule has 3 rings (SSSR count). The summed E-state index contributed by atoms with van der Waals surface area (Å²) in [7, 11) is 0. The molecule has 0 saturated carbocycles. The Kier molecular flexibility index (Phi) is 7.93. The van der Waals surface area contributed by atoms with Crippen LogP contribution >= 0.6 is 23.2 Å². The topological polar surface area (TPSA) is 75.7 Å². The normalized spacial score (nSPS) is 15.8. The maximum Gasteiger partial charge on any atom is 0.338 e. The molecule has 6 nitrogen and oxygen atoms in total. The number of halogens is 2. The lowest BCUT2D eigenvalue weighted by Gasteiger charge is -2.18. The lowest BCUT2D eigenvalue weighted by molar-refractivity contribution is -0.122. The van der Waals surface area contributed by atoms with Crippen molar-refractivity contribution in [2.45, 2.75) is 32.6 Å². The summed E-state index contributed by atoms with van der Waals surface area (Å²) in [5.41, 5.74) is 1.46. The zero-order valence-electron chi connectivity index (χ0n) is 17.2. The highest BCUT2D eigenvalue weighted by atomic mass is 35.5. The minimum Gasteiger partial charge on any atom is -0.462 e. The molecule has 2 amide bonds. The van der Waals surface area contributed by atoms with E-state index in [0.717, 1.165) is 19.3 Å². The lowest BCUT2D eigenvalue weighted by atomic mass is 10.1. The average molecular weight is 463 g/mol. The van der Waals surface area contributed by atoms with Crippen molar-refractivity contribution in [2.24, 2.45) is 5.92 Å². The van der Waals surface area contributed by atoms with Crippen LogP contribution in [0.5, 0.6) is 0 Å². The number of anilines is 2. The van der Waals surface area contributed by atoms with E-state index in [-0.39, 0.29) is 30.7 Å². The van der Waals surface area contributed by atoms with Crippen LogP contribution in [0.25, 0.3) is 0 Å². The zero-order chi connectivity index (χ0) is 22.4. The molecule has 1 N–H and O–H groups in total. The smallest absolute Gasteiger partial charge is 0.338 e. The van der Waals surface area contributed by atoms with Crippen molar-refractivity contribution in [1.29, 1.82) is 0 Å². The van der Waals surface area contributed by atoms with Gasteiger partial charge in [-0.1, -0.05) is 43.0 Å². The second kappa shape index (κ2) is 10.6. The Hall–Kier alpha value is -2.57. The summed E-state index contributed by atoms with van der Waals surface area (Å²) in [6.07, 6.45) is 3.00. The number of unbranched alkanes of at least 4 members (excludes halogenated alkanes) is 2. The Balaban J connectivity index is 1.57. The van der Waals surface area contributed by atoms with Gasteiger partial charge in [-0.3, -0.25) is 9.59 Å². The third kappa shape index (κ3) is 5.99. The Morgan fingerprint density at radius 3 is 2.58 bits per heavy atom. The van der Waals surface area contributed by atoms with E-state index in [2.05, 4.69) is 12.2 Å². The van der Waals surface area contributed by atoms with Crippen LogP contribution in [0.2, 0.25) is 10.0 Å². The third-order valence-corrected chi connectivity index (χ3v) is 5.62. The summed E-state index contributed by atoms with van der Waals surface area (Å²) in [5, 5.41) is 3.66. The Morgan fingerprint density at radius 2 is 1.87 bits per heavy atom. The van der Waals surface area contributed by atoms with Gasteiger partial charge in [0.25, 0.3) is 0 Å². The number of benzene rings is 2. The largest absolute Gasteiger partial charge is 0.462 e. The molecule has 0 aliphatic carbocycles. The Labute approximate surface area is 191 Å². The van der Waals surface area contributed by atoms with Crippen molar-refractivity contribution >= 4 is 52.4 Å². The molecule has 0 radical (unpaired) electrons. The third-order valence-electron chi connectivity index (χ3n) is 5.06. The fourth-order valence-corrected chi connectivity index (χ4v) is 3.73. The van der Waals surface area contributed by atoms with Gasteiger partial charge in [0.2, 0.25) is 11.8 Å². The highest BCUT2D eigenvalue weighted by Crippen LogP contribution is 2.33. The highest BCUT2D eigenvalue weighted by Gasteiger charge is 2.36. The fourth-order valence-electron chi connectivity index (χ4n) is 3.34. The van der Waals surface area contributed by atoms with Gasteiger partial charge in [0, 0.05) is 23.7 Å². The molecule has 1 atom stereocenters. The maximum atomic E-state index is 12.7. The van der Waals surface area contributed by atoms with E-state index >= 15 is 0 Å². The highest BCUT2D eigenvalue weighted by molar-refractivity contribution is 6.36. The first-order valence-corrected chi connectivity index (χ1v) is 11.0. The fraction of sp³-hybridized carbons (Fsp3) is 0.348. The number of esters is 1. The number of rotatable bonds is 8. The van der Waals surface area contributed by atoms with E-state index < -0.39 is 5.92 Å². The minimum atomic E-state index is -0.522. The molecule has 0 aromatic heterocycles. The minimum absolute atomic E-state index is 0.0802. The first kappa shape index (κ1) is 23.1. The van der Waals surface area contributed by atoms with Crippen molar-refractivity contribution in [1.82, 2.24) is 0 Å². The quantitative estimate of drug-likeness (QED) is 0.424. The van der Waals surface area contributed by atoms with Gasteiger partial charge >= 0.3 is 5.97 Å². The van der Waals surface area contributed by atoms with Crippen molar-refractivity contribution in [2.75, 3.05) is 23.4 Å². The SMILES string of the molecule is CCCCCOC(=O)c1ccc(NC(=O)[C@H]2CC(=O)N(c3cc(Cl)ccc3Cl)C2)cc1. The van der Waals surface area contributed by atoms with Gasteiger partial charge in [-0.15, -0.1) is 0 Å². The van der Waals surface area contributed by atoms with E-state index in [0.29, 0.717) is 33.6 Å². The maximum absolute atomic E-state index is 12.7. The summed E-state index contributed by atoms with van der Waals surface area (Å²) in [4.78, 5) is 38.6. The molecule has 1 aliphatic rings. The first-order valence-electron chi connectivity index (χ1n) is 10.2. The Bertz CT molecular complexity index is 963. The molecule has 1 heterocycles. The number of ether oxygens (including phenoxy) is 1. The predicted molar refractivity (Wildman–Crippen MR) is 122 cm³/mol. The molecular weight excluding hydrogens is 439 g/mol. The number of hydrogen-bond acceptors (Lipinski definition) is 4. The number of hydrogen-bond donors (Lipinski definition) is 1. The van der Waals surface area contributed by atoms with E-state index in [1.165, 1.54) is 4.90 Å². The van der Waals surface area contributed by atoms with Crippen LogP contribution in [0.3, 0.4) is 0 Å². The molecule has 31 heavy (non-hydrogen) atoms. The van der Waals surface area contributed by atoms with Gasteiger partial charge in [0.1, 0.15) is 0 Å². The molecule has 0 bridgehead atoms. The van der Waals surface area contributed by atoms with Gasteiger partial charge in [0.05, 0.1) is 28.8 Å². The number of carbonyl (C=O) groups excluding carboxylic acids is 3. The summed E-state index contributed by atoms with van der Waals surface area (Å²) >= 11 is 12.2. The Morgan fingerprint density at radius 1 is 1.13 bits per heavy atom. The molecular formula is C23H24Cl2N2O4. The second-order valence-electron chi connectivity index (χ2n) is 7.41. The number of amides is 2. The molecule has 0 spiro atoms. The summed E-state index contributed by atoms with van der Waals surface area (Å²) in [6.45, 7) is 2.70.